The molecule has 1 fully saturated rings. The third kappa shape index (κ3) is 3.16. The van der Waals surface area contributed by atoms with E-state index in [9.17, 15) is 4.79 Å². The van der Waals surface area contributed by atoms with Gasteiger partial charge in [-0.25, -0.2) is 4.79 Å². The summed E-state index contributed by atoms with van der Waals surface area (Å²) in [5, 5.41) is 6.20. The van der Waals surface area contributed by atoms with Crippen LogP contribution in [0.5, 0.6) is 0 Å². The normalized spacial score (nSPS) is 20.7. The number of benzene rings is 2. The molecule has 0 aromatic heterocycles. The average molecular weight is 282 g/mol. The van der Waals surface area contributed by atoms with Gasteiger partial charge in [0.1, 0.15) is 6.10 Å². The Balaban J connectivity index is 1.63. The standard InChI is InChI=1S/C17H18N2O2/c1-12-16(19-17(20)21-12)14-7-9-15(10-8-14)18-11-13-5-3-2-4-6-13/h2-10,12,16,18H,11H2,1H3,(H,19,20)/t12-,16-/m1/s1. The van der Waals surface area contributed by atoms with Crippen LogP contribution >= 0.6 is 0 Å². The molecular formula is C17H18N2O2. The van der Waals surface area contributed by atoms with Crippen LogP contribution in [0.2, 0.25) is 0 Å². The molecule has 4 nitrogen and oxygen atoms in total. The number of nitrogens with one attached hydrogen (secondary N) is 2. The van der Waals surface area contributed by atoms with E-state index in [1.807, 2.05) is 49.4 Å². The van der Waals surface area contributed by atoms with Crippen LogP contribution in [0, 0.1) is 0 Å². The molecule has 0 bridgehead atoms. The van der Waals surface area contributed by atoms with E-state index >= 15 is 0 Å². The van der Waals surface area contributed by atoms with Gasteiger partial charge in [0.05, 0.1) is 6.04 Å². The molecule has 0 aliphatic carbocycles. The number of carbonyl (C=O) groups excluding carboxylic acids is 1. The highest BCUT2D eigenvalue weighted by Gasteiger charge is 2.31. The lowest BCUT2D eigenvalue weighted by Crippen LogP contribution is -2.20. The van der Waals surface area contributed by atoms with Crippen molar-refractivity contribution in [1.82, 2.24) is 5.32 Å². The Bertz CT molecular complexity index is 610. The minimum Gasteiger partial charge on any atom is -0.444 e. The Hall–Kier alpha value is -2.49. The van der Waals surface area contributed by atoms with Crippen molar-refractivity contribution >= 4 is 11.8 Å². The van der Waals surface area contributed by atoms with Gasteiger partial charge in [-0.2, -0.15) is 0 Å². The molecule has 3 rings (SSSR count). The second-order valence-electron chi connectivity index (χ2n) is 5.19. The summed E-state index contributed by atoms with van der Waals surface area (Å²) < 4.78 is 5.10. The third-order valence-electron chi connectivity index (χ3n) is 3.64. The number of hydrogen-bond donors (Lipinski definition) is 2. The minimum absolute atomic E-state index is 0.0688. The fraction of sp³-hybridized carbons (Fsp3) is 0.235. The summed E-state index contributed by atoms with van der Waals surface area (Å²) in [6, 6.07) is 18.3. The van der Waals surface area contributed by atoms with Gasteiger partial charge >= 0.3 is 6.09 Å². The Morgan fingerprint density at radius 3 is 2.43 bits per heavy atom. The largest absolute Gasteiger partial charge is 0.444 e. The van der Waals surface area contributed by atoms with E-state index < -0.39 is 0 Å². The number of cyclic esters (lactones) is 1. The van der Waals surface area contributed by atoms with E-state index in [4.69, 9.17) is 4.74 Å². The highest BCUT2D eigenvalue weighted by Crippen LogP contribution is 2.25. The molecule has 0 radical (unpaired) electrons. The van der Waals surface area contributed by atoms with Gasteiger partial charge in [0, 0.05) is 12.2 Å². The van der Waals surface area contributed by atoms with Crippen molar-refractivity contribution in [3.05, 3.63) is 65.7 Å². The number of anilines is 1. The van der Waals surface area contributed by atoms with E-state index in [1.165, 1.54) is 5.56 Å². The first kappa shape index (κ1) is 13.5. The first-order valence-electron chi connectivity index (χ1n) is 7.07. The molecule has 2 aromatic rings. The predicted molar refractivity (Wildman–Crippen MR) is 82.0 cm³/mol. The Labute approximate surface area is 124 Å². The van der Waals surface area contributed by atoms with E-state index in [0.29, 0.717) is 0 Å². The monoisotopic (exact) mass is 282 g/mol. The first-order valence-corrected chi connectivity index (χ1v) is 7.07. The maximum absolute atomic E-state index is 11.2. The van der Waals surface area contributed by atoms with Gasteiger partial charge < -0.3 is 15.4 Å². The zero-order valence-electron chi connectivity index (χ0n) is 11.9. The van der Waals surface area contributed by atoms with Crippen LogP contribution in [-0.2, 0) is 11.3 Å². The summed E-state index contributed by atoms with van der Waals surface area (Å²) in [6.07, 6.45) is -0.487. The van der Waals surface area contributed by atoms with Crippen molar-refractivity contribution in [2.75, 3.05) is 5.32 Å². The molecule has 1 aliphatic rings. The fourth-order valence-corrected chi connectivity index (χ4v) is 2.48. The van der Waals surface area contributed by atoms with Gasteiger partial charge in [0.2, 0.25) is 0 Å². The predicted octanol–water partition coefficient (Wildman–Crippen LogP) is 3.47. The number of ether oxygens (including phenoxy) is 1. The summed E-state index contributed by atoms with van der Waals surface area (Å²) in [5.74, 6) is 0. The molecule has 1 saturated heterocycles. The van der Waals surface area contributed by atoms with Crippen molar-refractivity contribution in [3.8, 4) is 0 Å². The molecule has 2 atom stereocenters. The molecule has 4 heteroatoms. The molecule has 21 heavy (non-hydrogen) atoms. The number of amides is 1. The summed E-state index contributed by atoms with van der Waals surface area (Å²) in [5.41, 5.74) is 3.35. The maximum Gasteiger partial charge on any atom is 0.408 e. The van der Waals surface area contributed by atoms with Crippen LogP contribution in [0.1, 0.15) is 24.1 Å². The molecule has 0 spiro atoms. The van der Waals surface area contributed by atoms with Crippen molar-refractivity contribution in [2.45, 2.75) is 25.6 Å². The van der Waals surface area contributed by atoms with Crippen molar-refractivity contribution < 1.29 is 9.53 Å². The second kappa shape index (κ2) is 5.87. The van der Waals surface area contributed by atoms with Crippen molar-refractivity contribution in [3.63, 3.8) is 0 Å². The number of rotatable bonds is 4. The molecule has 0 unspecified atom stereocenters. The molecule has 2 aromatic carbocycles. The second-order valence-corrected chi connectivity index (χ2v) is 5.19. The van der Waals surface area contributed by atoms with Crippen molar-refractivity contribution in [1.29, 1.82) is 0 Å². The van der Waals surface area contributed by atoms with Crippen LogP contribution in [0.3, 0.4) is 0 Å². The molecule has 1 aliphatic heterocycles. The molecule has 1 heterocycles. The molecule has 108 valence electrons. The quantitative estimate of drug-likeness (QED) is 0.902. The Morgan fingerprint density at radius 2 is 1.81 bits per heavy atom. The van der Waals surface area contributed by atoms with Gasteiger partial charge in [-0.1, -0.05) is 42.5 Å². The minimum atomic E-state index is -0.348. The molecular weight excluding hydrogens is 264 g/mol. The highest BCUT2D eigenvalue weighted by atomic mass is 16.6. The van der Waals surface area contributed by atoms with Gasteiger partial charge in [0.25, 0.3) is 0 Å². The molecule has 1 amide bonds. The Kier molecular flexibility index (Phi) is 3.77. The van der Waals surface area contributed by atoms with Crippen LogP contribution < -0.4 is 10.6 Å². The molecule has 0 saturated carbocycles. The summed E-state index contributed by atoms with van der Waals surface area (Å²) in [7, 11) is 0. The van der Waals surface area contributed by atoms with E-state index in [1.54, 1.807) is 0 Å². The van der Waals surface area contributed by atoms with E-state index in [0.717, 1.165) is 17.8 Å². The zero-order valence-corrected chi connectivity index (χ0v) is 11.9. The van der Waals surface area contributed by atoms with Crippen LogP contribution in [-0.4, -0.2) is 12.2 Å². The maximum atomic E-state index is 11.2. The lowest BCUT2D eigenvalue weighted by atomic mass is 10.0. The number of hydrogen-bond acceptors (Lipinski definition) is 3. The van der Waals surface area contributed by atoms with Gasteiger partial charge in [-0.15, -0.1) is 0 Å². The number of carbonyl (C=O) groups is 1. The van der Waals surface area contributed by atoms with Crippen molar-refractivity contribution in [2.24, 2.45) is 0 Å². The first-order chi connectivity index (χ1) is 10.2. The van der Waals surface area contributed by atoms with E-state index in [2.05, 4.69) is 22.8 Å². The van der Waals surface area contributed by atoms with Gasteiger partial charge in [0.15, 0.2) is 0 Å². The topological polar surface area (TPSA) is 50.4 Å². The van der Waals surface area contributed by atoms with Crippen LogP contribution in [0.4, 0.5) is 10.5 Å². The lowest BCUT2D eigenvalue weighted by Gasteiger charge is -2.14. The smallest absolute Gasteiger partial charge is 0.408 e. The zero-order chi connectivity index (χ0) is 14.7. The molecule has 2 N–H and O–H groups in total. The van der Waals surface area contributed by atoms with Crippen LogP contribution in [0.25, 0.3) is 0 Å². The van der Waals surface area contributed by atoms with Crippen LogP contribution in [0.15, 0.2) is 54.6 Å². The fourth-order valence-electron chi connectivity index (χ4n) is 2.48. The number of alkyl carbamates (subject to hydrolysis) is 1. The van der Waals surface area contributed by atoms with Gasteiger partial charge in [-0.05, 0) is 30.2 Å². The summed E-state index contributed by atoms with van der Waals surface area (Å²) in [6.45, 7) is 2.68. The SMILES string of the molecule is C[C@H]1OC(=O)N[C@H]1c1ccc(NCc2ccccc2)cc1. The Morgan fingerprint density at radius 1 is 1.10 bits per heavy atom. The third-order valence-corrected chi connectivity index (χ3v) is 3.64. The average Bonchev–Trinajstić information content (AvgIpc) is 2.85. The highest BCUT2D eigenvalue weighted by molar-refractivity contribution is 5.70. The summed E-state index contributed by atoms with van der Waals surface area (Å²) in [4.78, 5) is 11.2. The van der Waals surface area contributed by atoms with E-state index in [-0.39, 0.29) is 18.2 Å². The summed E-state index contributed by atoms with van der Waals surface area (Å²) >= 11 is 0. The lowest BCUT2D eigenvalue weighted by molar-refractivity contribution is 0.141. The van der Waals surface area contributed by atoms with Gasteiger partial charge in [-0.3, -0.25) is 0 Å².